The van der Waals surface area contributed by atoms with Gasteiger partial charge in [-0.1, -0.05) is 19.1 Å². The second-order valence-electron chi connectivity index (χ2n) is 8.66. The summed E-state index contributed by atoms with van der Waals surface area (Å²) >= 11 is 0. The summed E-state index contributed by atoms with van der Waals surface area (Å²) in [4.78, 5) is 14.9. The number of carbonyl (C=O) groups is 1. The monoisotopic (exact) mass is 386 g/mol. The number of nitrogens with zero attached hydrogens (tertiary/aromatic N) is 6. The van der Waals surface area contributed by atoms with Crippen LogP contribution in [-0.2, 0) is 13.0 Å². The van der Waals surface area contributed by atoms with Gasteiger partial charge in [-0.3, -0.25) is 9.48 Å². The molecule has 1 aliphatic carbocycles. The van der Waals surface area contributed by atoms with Crippen LogP contribution >= 0.6 is 0 Å². The largest absolute Gasteiger partial charge is 0.391 e. The van der Waals surface area contributed by atoms with E-state index < -0.39 is 6.10 Å². The van der Waals surface area contributed by atoms with Gasteiger partial charge in [0, 0.05) is 32.0 Å². The number of carbonyl (C=O) groups excluding carboxylic acids is 1. The van der Waals surface area contributed by atoms with E-state index >= 15 is 0 Å². The van der Waals surface area contributed by atoms with Gasteiger partial charge in [-0.2, -0.15) is 5.10 Å². The second kappa shape index (κ2) is 7.66. The summed E-state index contributed by atoms with van der Waals surface area (Å²) < 4.78 is 3.59. The molecule has 0 spiro atoms. The van der Waals surface area contributed by atoms with Crippen molar-refractivity contribution in [2.24, 2.45) is 17.8 Å². The minimum absolute atomic E-state index is 0.0414. The smallest absolute Gasteiger partial charge is 0.272 e. The van der Waals surface area contributed by atoms with Crippen LogP contribution in [0.15, 0.2) is 18.5 Å². The van der Waals surface area contributed by atoms with Crippen LogP contribution in [0.1, 0.15) is 55.8 Å². The SMILES string of the molecule is CCn1nccc1C(=O)N1C[C@H]2C[C@@H](n3cc(CC(C)C)nn3)[C@H](O)C[C@H]2C1. The molecule has 152 valence electrons. The molecule has 4 atom stereocenters. The molecule has 8 nitrogen and oxygen atoms in total. The predicted molar refractivity (Wildman–Crippen MR) is 104 cm³/mol. The molecule has 2 aromatic rings. The molecule has 1 saturated heterocycles. The van der Waals surface area contributed by atoms with E-state index in [2.05, 4.69) is 29.3 Å². The van der Waals surface area contributed by atoms with Gasteiger partial charge in [-0.25, -0.2) is 4.68 Å². The molecule has 2 aliphatic rings. The maximum absolute atomic E-state index is 12.9. The molecular weight excluding hydrogens is 356 g/mol. The highest BCUT2D eigenvalue weighted by Gasteiger charge is 2.44. The third-order valence-corrected chi connectivity index (χ3v) is 6.15. The van der Waals surface area contributed by atoms with Crippen LogP contribution in [0.5, 0.6) is 0 Å². The van der Waals surface area contributed by atoms with Crippen LogP contribution in [-0.4, -0.2) is 59.9 Å². The second-order valence-corrected chi connectivity index (χ2v) is 8.66. The lowest BCUT2D eigenvalue weighted by molar-refractivity contribution is 0.0298. The van der Waals surface area contributed by atoms with Crippen molar-refractivity contribution < 1.29 is 9.90 Å². The fraction of sp³-hybridized carbons (Fsp3) is 0.700. The summed E-state index contributed by atoms with van der Waals surface area (Å²) in [6.45, 7) is 8.43. The van der Waals surface area contributed by atoms with E-state index in [1.54, 1.807) is 16.9 Å². The van der Waals surface area contributed by atoms with Crippen LogP contribution in [0.3, 0.4) is 0 Å². The Kier molecular flexibility index (Phi) is 5.23. The molecule has 2 aromatic heterocycles. The van der Waals surface area contributed by atoms with Crippen molar-refractivity contribution in [3.8, 4) is 0 Å². The molecule has 28 heavy (non-hydrogen) atoms. The van der Waals surface area contributed by atoms with Crippen molar-refractivity contribution in [3.63, 3.8) is 0 Å². The number of rotatable bonds is 5. The topological polar surface area (TPSA) is 89.1 Å². The maximum Gasteiger partial charge on any atom is 0.272 e. The molecule has 4 rings (SSSR count). The number of aryl methyl sites for hydroxylation is 1. The summed E-state index contributed by atoms with van der Waals surface area (Å²) in [6.07, 6.45) is 5.62. The van der Waals surface area contributed by atoms with E-state index in [0.717, 1.165) is 25.1 Å². The number of likely N-dealkylation sites (tertiary alicyclic amines) is 1. The van der Waals surface area contributed by atoms with Crippen molar-refractivity contribution >= 4 is 5.91 Å². The Balaban J connectivity index is 1.45. The van der Waals surface area contributed by atoms with E-state index in [1.165, 1.54) is 0 Å². The lowest BCUT2D eigenvalue weighted by Crippen LogP contribution is -2.36. The molecule has 2 fully saturated rings. The minimum Gasteiger partial charge on any atom is -0.391 e. The standard InChI is InChI=1S/C20H30N6O2/c1-4-25-17(5-6-21-25)20(28)24-10-14-8-18(19(27)9-15(14)11-24)26-12-16(22-23-26)7-13(2)3/h5-6,12-15,18-19,27H,4,7-11H2,1-3H3/t14-,15+,18-,19-/m1/s1. The summed E-state index contributed by atoms with van der Waals surface area (Å²) in [6, 6.07) is 1.72. The third-order valence-electron chi connectivity index (χ3n) is 6.15. The number of aromatic nitrogens is 5. The molecular formula is C20H30N6O2. The van der Waals surface area contributed by atoms with Gasteiger partial charge < -0.3 is 10.0 Å². The van der Waals surface area contributed by atoms with Gasteiger partial charge in [0.25, 0.3) is 5.91 Å². The maximum atomic E-state index is 12.9. The molecule has 1 amide bonds. The molecule has 8 heteroatoms. The molecule has 1 aliphatic heterocycles. The zero-order valence-corrected chi connectivity index (χ0v) is 16.9. The van der Waals surface area contributed by atoms with Gasteiger partial charge in [0.05, 0.1) is 17.8 Å². The van der Waals surface area contributed by atoms with Crippen LogP contribution in [0, 0.1) is 17.8 Å². The van der Waals surface area contributed by atoms with Crippen LogP contribution < -0.4 is 0 Å². The van der Waals surface area contributed by atoms with E-state index in [9.17, 15) is 9.90 Å². The zero-order chi connectivity index (χ0) is 19.8. The number of hydrogen-bond acceptors (Lipinski definition) is 5. The lowest BCUT2D eigenvalue weighted by atomic mass is 9.77. The molecule has 0 bridgehead atoms. The van der Waals surface area contributed by atoms with E-state index in [0.29, 0.717) is 43.0 Å². The van der Waals surface area contributed by atoms with Gasteiger partial charge in [0.1, 0.15) is 5.69 Å². The van der Waals surface area contributed by atoms with Crippen LogP contribution in [0.4, 0.5) is 0 Å². The van der Waals surface area contributed by atoms with Gasteiger partial charge in [0.2, 0.25) is 0 Å². The van der Waals surface area contributed by atoms with Crippen molar-refractivity contribution in [3.05, 3.63) is 29.8 Å². The lowest BCUT2D eigenvalue weighted by Gasteiger charge is -2.34. The van der Waals surface area contributed by atoms with Crippen LogP contribution in [0.2, 0.25) is 0 Å². The number of aliphatic hydroxyl groups excluding tert-OH is 1. The van der Waals surface area contributed by atoms with Gasteiger partial charge in [-0.05, 0) is 50.0 Å². The van der Waals surface area contributed by atoms with Gasteiger partial charge in [-0.15, -0.1) is 5.10 Å². The highest BCUT2D eigenvalue weighted by atomic mass is 16.3. The van der Waals surface area contributed by atoms with E-state index in [-0.39, 0.29) is 11.9 Å². The summed E-state index contributed by atoms with van der Waals surface area (Å²) in [5.74, 6) is 1.29. The van der Waals surface area contributed by atoms with Crippen molar-refractivity contribution in [1.29, 1.82) is 0 Å². The van der Waals surface area contributed by atoms with Crippen molar-refractivity contribution in [1.82, 2.24) is 29.7 Å². The summed E-state index contributed by atoms with van der Waals surface area (Å²) in [7, 11) is 0. The normalized spacial score (nSPS) is 27.4. The van der Waals surface area contributed by atoms with E-state index in [1.807, 2.05) is 22.7 Å². The first-order chi connectivity index (χ1) is 13.5. The molecule has 1 saturated carbocycles. The summed E-state index contributed by atoms with van der Waals surface area (Å²) in [5.41, 5.74) is 1.62. The average Bonchev–Trinajstić information content (AvgIpc) is 3.38. The molecule has 3 heterocycles. The number of hydrogen-bond donors (Lipinski definition) is 1. The third kappa shape index (κ3) is 3.57. The average molecular weight is 387 g/mol. The Hall–Kier alpha value is -2.22. The highest BCUT2D eigenvalue weighted by molar-refractivity contribution is 5.92. The first-order valence-corrected chi connectivity index (χ1v) is 10.4. The fourth-order valence-electron chi connectivity index (χ4n) is 4.77. The minimum atomic E-state index is -0.453. The number of aliphatic hydroxyl groups is 1. The van der Waals surface area contributed by atoms with Gasteiger partial charge >= 0.3 is 0 Å². The summed E-state index contributed by atoms with van der Waals surface area (Å²) in [5, 5.41) is 23.5. The fourth-order valence-corrected chi connectivity index (χ4v) is 4.77. The number of amides is 1. The molecule has 0 radical (unpaired) electrons. The number of fused-ring (bicyclic) bond motifs is 1. The molecule has 0 unspecified atom stereocenters. The van der Waals surface area contributed by atoms with Gasteiger partial charge in [0.15, 0.2) is 0 Å². The van der Waals surface area contributed by atoms with Crippen LogP contribution in [0.25, 0.3) is 0 Å². The quantitative estimate of drug-likeness (QED) is 0.846. The molecule has 0 aromatic carbocycles. The first kappa shape index (κ1) is 19.1. The Morgan fingerprint density at radius 3 is 2.75 bits per heavy atom. The Morgan fingerprint density at radius 2 is 2.04 bits per heavy atom. The van der Waals surface area contributed by atoms with Crippen molar-refractivity contribution in [2.45, 2.75) is 58.7 Å². The van der Waals surface area contributed by atoms with Crippen molar-refractivity contribution in [2.75, 3.05) is 13.1 Å². The Morgan fingerprint density at radius 1 is 1.29 bits per heavy atom. The zero-order valence-electron chi connectivity index (χ0n) is 16.9. The predicted octanol–water partition coefficient (Wildman–Crippen LogP) is 1.78. The van der Waals surface area contributed by atoms with E-state index in [4.69, 9.17) is 0 Å². The first-order valence-electron chi connectivity index (χ1n) is 10.4. The Labute approximate surface area is 165 Å². The molecule has 1 N–H and O–H groups in total. The highest BCUT2D eigenvalue weighted by Crippen LogP contribution is 2.41. The Bertz CT molecular complexity index is 828.